The molecule has 0 spiro atoms. The molecule has 0 bridgehead atoms. The molecule has 0 aromatic rings. The van der Waals surface area contributed by atoms with E-state index in [0.717, 1.165) is 19.4 Å². The van der Waals surface area contributed by atoms with Crippen molar-refractivity contribution in [3.8, 4) is 0 Å². The summed E-state index contributed by atoms with van der Waals surface area (Å²) in [6, 6.07) is 0. The van der Waals surface area contributed by atoms with Crippen LogP contribution in [0, 0.1) is 17.8 Å². The van der Waals surface area contributed by atoms with Gasteiger partial charge in [-0.05, 0) is 63.9 Å². The van der Waals surface area contributed by atoms with E-state index in [2.05, 4.69) is 52.8 Å². The van der Waals surface area contributed by atoms with Gasteiger partial charge in [0.2, 0.25) is 0 Å². The fourth-order valence-corrected chi connectivity index (χ4v) is 3.66. The highest BCUT2D eigenvalue weighted by molar-refractivity contribution is 5.26. The average molecular weight is 319 g/mol. The molecule has 0 aromatic carbocycles. The van der Waals surface area contributed by atoms with Gasteiger partial charge in [-0.3, -0.25) is 0 Å². The van der Waals surface area contributed by atoms with E-state index in [1.54, 1.807) is 0 Å². The smallest absolute Gasteiger partial charge is 0.0791 e. The monoisotopic (exact) mass is 318 g/mol. The first-order valence-corrected chi connectivity index (χ1v) is 9.16. The van der Waals surface area contributed by atoms with Crippen LogP contribution >= 0.6 is 0 Å². The second-order valence-electron chi connectivity index (χ2n) is 8.14. The summed E-state index contributed by atoms with van der Waals surface area (Å²) in [6.45, 7) is 11.7. The predicted octanol–water partition coefficient (Wildman–Crippen LogP) is 5.05. The molecule has 2 heteroatoms. The maximum atomic E-state index is 10.2. The van der Waals surface area contributed by atoms with Gasteiger partial charge in [0, 0.05) is 5.92 Å². The minimum absolute atomic E-state index is 0.0742. The highest BCUT2D eigenvalue weighted by Crippen LogP contribution is 2.34. The van der Waals surface area contributed by atoms with E-state index < -0.39 is 0 Å². The Morgan fingerprint density at radius 2 is 2.09 bits per heavy atom. The zero-order valence-corrected chi connectivity index (χ0v) is 15.5. The van der Waals surface area contributed by atoms with Crippen LogP contribution in [-0.4, -0.2) is 23.4 Å². The Labute approximate surface area is 142 Å². The molecule has 1 N–H and O–H groups in total. The maximum Gasteiger partial charge on any atom is 0.0791 e. The summed E-state index contributed by atoms with van der Waals surface area (Å²) in [5.41, 5.74) is 2.64. The van der Waals surface area contributed by atoms with E-state index in [0.29, 0.717) is 11.8 Å². The van der Waals surface area contributed by atoms with E-state index in [1.165, 1.54) is 24.0 Å². The highest BCUT2D eigenvalue weighted by Gasteiger charge is 2.31. The van der Waals surface area contributed by atoms with Gasteiger partial charge in [-0.2, -0.15) is 0 Å². The Morgan fingerprint density at radius 3 is 2.65 bits per heavy atom. The van der Waals surface area contributed by atoms with Gasteiger partial charge in [0.15, 0.2) is 0 Å². The van der Waals surface area contributed by atoms with Crippen molar-refractivity contribution in [1.29, 1.82) is 0 Å². The van der Waals surface area contributed by atoms with Crippen molar-refractivity contribution in [1.82, 2.24) is 0 Å². The van der Waals surface area contributed by atoms with E-state index in [9.17, 15) is 5.11 Å². The van der Waals surface area contributed by atoms with Crippen LogP contribution in [-0.2, 0) is 4.74 Å². The molecule has 0 radical (unpaired) electrons. The molecule has 2 aliphatic rings. The normalized spacial score (nSPS) is 28.7. The van der Waals surface area contributed by atoms with Gasteiger partial charge in [0.05, 0.1) is 18.3 Å². The Kier molecular flexibility index (Phi) is 6.27. The summed E-state index contributed by atoms with van der Waals surface area (Å²) in [7, 11) is 0. The summed E-state index contributed by atoms with van der Waals surface area (Å²) >= 11 is 0. The predicted molar refractivity (Wildman–Crippen MR) is 97.3 cm³/mol. The van der Waals surface area contributed by atoms with E-state index in [1.807, 2.05) is 6.08 Å². The molecule has 3 unspecified atom stereocenters. The molecule has 23 heavy (non-hydrogen) atoms. The van der Waals surface area contributed by atoms with Crippen molar-refractivity contribution >= 4 is 0 Å². The number of hydrogen-bond donors (Lipinski definition) is 1. The average Bonchev–Trinajstić information content (AvgIpc) is 2.47. The second kappa shape index (κ2) is 7.81. The SMILES string of the molecule is CC1=CCC(C(C)(C)OCCC2=CC(O)C(C(C)C)C=C2)CC1. The van der Waals surface area contributed by atoms with Crippen molar-refractivity contribution < 1.29 is 9.84 Å². The Balaban J connectivity index is 1.81. The lowest BCUT2D eigenvalue weighted by Crippen LogP contribution is -2.35. The summed E-state index contributed by atoms with van der Waals surface area (Å²) < 4.78 is 6.23. The lowest BCUT2D eigenvalue weighted by Gasteiger charge is -2.36. The van der Waals surface area contributed by atoms with Gasteiger partial charge in [-0.15, -0.1) is 0 Å². The van der Waals surface area contributed by atoms with Crippen molar-refractivity contribution in [3.63, 3.8) is 0 Å². The van der Waals surface area contributed by atoms with E-state index >= 15 is 0 Å². The molecule has 0 amide bonds. The van der Waals surface area contributed by atoms with Gasteiger partial charge >= 0.3 is 0 Å². The maximum absolute atomic E-state index is 10.2. The minimum atomic E-state index is -0.352. The number of ether oxygens (including phenoxy) is 1. The molecule has 0 heterocycles. The first kappa shape index (κ1) is 18.5. The lowest BCUT2D eigenvalue weighted by molar-refractivity contribution is -0.0615. The van der Waals surface area contributed by atoms with Crippen molar-refractivity contribution in [3.05, 3.63) is 35.5 Å². The Bertz CT molecular complexity index is 482. The van der Waals surface area contributed by atoms with E-state index in [-0.39, 0.29) is 17.6 Å². The minimum Gasteiger partial charge on any atom is -0.388 e. The van der Waals surface area contributed by atoms with Gasteiger partial charge < -0.3 is 9.84 Å². The third-order valence-electron chi connectivity index (χ3n) is 5.57. The quantitative estimate of drug-likeness (QED) is 0.695. The van der Waals surface area contributed by atoms with Crippen LogP contribution in [0.3, 0.4) is 0 Å². The Hall–Kier alpha value is -0.860. The fraction of sp³-hybridized carbons (Fsp3) is 0.714. The second-order valence-corrected chi connectivity index (χ2v) is 8.14. The lowest BCUT2D eigenvalue weighted by atomic mass is 9.79. The molecule has 0 saturated heterocycles. The summed E-state index contributed by atoms with van der Waals surface area (Å²) in [5.74, 6) is 1.32. The summed E-state index contributed by atoms with van der Waals surface area (Å²) in [5, 5.41) is 10.2. The highest BCUT2D eigenvalue weighted by atomic mass is 16.5. The van der Waals surface area contributed by atoms with Gasteiger partial charge in [0.1, 0.15) is 0 Å². The molecule has 2 aliphatic carbocycles. The number of allylic oxidation sites excluding steroid dienone is 3. The molecule has 0 fully saturated rings. The van der Waals surface area contributed by atoms with Gasteiger partial charge in [-0.25, -0.2) is 0 Å². The van der Waals surface area contributed by atoms with Crippen LogP contribution in [0.15, 0.2) is 35.5 Å². The van der Waals surface area contributed by atoms with Crippen LogP contribution in [0.4, 0.5) is 0 Å². The molecule has 130 valence electrons. The zero-order valence-electron chi connectivity index (χ0n) is 15.5. The fourth-order valence-electron chi connectivity index (χ4n) is 3.66. The van der Waals surface area contributed by atoms with Gasteiger partial charge in [0.25, 0.3) is 0 Å². The van der Waals surface area contributed by atoms with Crippen LogP contribution in [0.5, 0.6) is 0 Å². The summed E-state index contributed by atoms with van der Waals surface area (Å²) in [6.07, 6.45) is 12.8. The summed E-state index contributed by atoms with van der Waals surface area (Å²) in [4.78, 5) is 0. The number of rotatable bonds is 6. The van der Waals surface area contributed by atoms with Crippen LogP contribution in [0.2, 0.25) is 0 Å². The Morgan fingerprint density at radius 1 is 1.35 bits per heavy atom. The molecule has 0 aliphatic heterocycles. The van der Waals surface area contributed by atoms with Crippen molar-refractivity contribution in [2.75, 3.05) is 6.61 Å². The van der Waals surface area contributed by atoms with Crippen molar-refractivity contribution in [2.45, 2.75) is 72.0 Å². The third kappa shape index (κ3) is 5.06. The molecular formula is C21H34O2. The molecule has 2 rings (SSSR count). The molecular weight excluding hydrogens is 284 g/mol. The number of aliphatic hydroxyl groups is 1. The number of hydrogen-bond acceptors (Lipinski definition) is 2. The first-order valence-electron chi connectivity index (χ1n) is 9.16. The van der Waals surface area contributed by atoms with Gasteiger partial charge in [-0.1, -0.05) is 43.7 Å². The molecule has 0 saturated carbocycles. The number of aliphatic hydroxyl groups excluding tert-OH is 1. The van der Waals surface area contributed by atoms with Crippen molar-refractivity contribution in [2.24, 2.45) is 17.8 Å². The van der Waals surface area contributed by atoms with Crippen LogP contribution in [0.25, 0.3) is 0 Å². The first-order chi connectivity index (χ1) is 10.8. The largest absolute Gasteiger partial charge is 0.388 e. The third-order valence-corrected chi connectivity index (χ3v) is 5.57. The standard InChI is InChI=1S/C21H34O2/c1-15(2)19-11-8-17(14-20(19)22)12-13-23-21(4,5)18-9-6-16(3)7-10-18/h6,8,11,14-15,18-20,22H,7,9-10,12-13H2,1-5H3. The van der Waals surface area contributed by atoms with Crippen LogP contribution < -0.4 is 0 Å². The van der Waals surface area contributed by atoms with Crippen LogP contribution in [0.1, 0.15) is 60.3 Å². The zero-order chi connectivity index (χ0) is 17.0. The molecule has 2 nitrogen and oxygen atoms in total. The molecule has 0 aromatic heterocycles. The topological polar surface area (TPSA) is 29.5 Å². The molecule has 3 atom stereocenters. The van der Waals surface area contributed by atoms with E-state index in [4.69, 9.17) is 4.74 Å².